The molecular weight excluding hydrogens is 336 g/mol. The van der Waals surface area contributed by atoms with Gasteiger partial charge in [-0.15, -0.1) is 0 Å². The van der Waals surface area contributed by atoms with E-state index in [1.54, 1.807) is 7.11 Å². The number of methoxy groups -OCH3 is 1. The van der Waals surface area contributed by atoms with E-state index in [0.717, 1.165) is 40.7 Å². The summed E-state index contributed by atoms with van der Waals surface area (Å²) < 4.78 is 5.32. The van der Waals surface area contributed by atoms with Crippen LogP contribution in [0, 0.1) is 0 Å². The van der Waals surface area contributed by atoms with Crippen LogP contribution in [0.4, 0.5) is 5.69 Å². The van der Waals surface area contributed by atoms with Crippen molar-refractivity contribution in [3.63, 3.8) is 0 Å². The van der Waals surface area contributed by atoms with Gasteiger partial charge in [-0.1, -0.05) is 32.9 Å². The number of nitrogens with one attached hydrogen (secondary N) is 2. The predicted octanol–water partition coefficient (Wildman–Crippen LogP) is 5.14. The van der Waals surface area contributed by atoms with Crippen molar-refractivity contribution >= 4 is 22.5 Å². The van der Waals surface area contributed by atoms with Gasteiger partial charge < -0.3 is 15.0 Å². The Balaban J connectivity index is 1.59. The molecular formula is C23H26N2O2. The number of fused-ring (bicyclic) bond motifs is 1. The van der Waals surface area contributed by atoms with Crippen molar-refractivity contribution < 1.29 is 9.53 Å². The molecule has 1 aliphatic rings. The largest absolute Gasteiger partial charge is 0.497 e. The fourth-order valence-electron chi connectivity index (χ4n) is 3.56. The Morgan fingerprint density at radius 3 is 2.56 bits per heavy atom. The molecule has 0 spiro atoms. The fraction of sp³-hybridized carbons (Fsp3) is 0.348. The number of benzene rings is 2. The van der Waals surface area contributed by atoms with E-state index in [0.29, 0.717) is 0 Å². The minimum Gasteiger partial charge on any atom is -0.497 e. The van der Waals surface area contributed by atoms with E-state index in [1.807, 2.05) is 42.5 Å². The first kappa shape index (κ1) is 17.7. The van der Waals surface area contributed by atoms with E-state index in [4.69, 9.17) is 4.74 Å². The lowest BCUT2D eigenvalue weighted by molar-refractivity contribution is -0.118. The maximum absolute atomic E-state index is 13.0. The summed E-state index contributed by atoms with van der Waals surface area (Å²) in [4.78, 5) is 16.5. The number of ether oxygens (including phenoxy) is 1. The highest BCUT2D eigenvalue weighted by atomic mass is 16.5. The number of carbonyl (C=O) groups excluding carboxylic acids is 1. The quantitative estimate of drug-likeness (QED) is 0.675. The zero-order chi connectivity index (χ0) is 19.2. The van der Waals surface area contributed by atoms with Crippen LogP contribution in [0.3, 0.4) is 0 Å². The summed E-state index contributed by atoms with van der Waals surface area (Å²) in [6, 6.07) is 16.0. The molecule has 27 heavy (non-hydrogen) atoms. The van der Waals surface area contributed by atoms with Crippen LogP contribution in [-0.4, -0.2) is 18.0 Å². The Labute approximate surface area is 159 Å². The van der Waals surface area contributed by atoms with Crippen LogP contribution in [-0.2, 0) is 15.6 Å². The molecule has 4 nitrogen and oxygen atoms in total. The molecule has 1 amide bonds. The van der Waals surface area contributed by atoms with E-state index < -0.39 is 5.41 Å². The van der Waals surface area contributed by atoms with Crippen molar-refractivity contribution in [2.45, 2.75) is 44.4 Å². The number of H-pyrrole nitrogens is 1. The fourth-order valence-corrected chi connectivity index (χ4v) is 3.56. The van der Waals surface area contributed by atoms with E-state index in [2.05, 4.69) is 37.1 Å². The summed E-state index contributed by atoms with van der Waals surface area (Å²) in [5.41, 5.74) is 3.77. The molecule has 0 bridgehead atoms. The molecule has 0 radical (unpaired) electrons. The van der Waals surface area contributed by atoms with Gasteiger partial charge in [0, 0.05) is 27.7 Å². The zero-order valence-corrected chi connectivity index (χ0v) is 16.3. The minimum absolute atomic E-state index is 0.0571. The predicted molar refractivity (Wildman–Crippen MR) is 110 cm³/mol. The average Bonchev–Trinajstić information content (AvgIpc) is 3.34. The summed E-state index contributed by atoms with van der Waals surface area (Å²) in [6.45, 7) is 6.56. The molecule has 4 rings (SSSR count). The molecule has 1 heterocycles. The molecule has 0 unspecified atom stereocenters. The molecule has 1 fully saturated rings. The molecule has 140 valence electrons. The topological polar surface area (TPSA) is 54.1 Å². The van der Waals surface area contributed by atoms with Crippen molar-refractivity contribution in [2.24, 2.45) is 0 Å². The lowest BCUT2D eigenvalue weighted by atomic mass is 9.92. The number of hydrogen-bond acceptors (Lipinski definition) is 2. The van der Waals surface area contributed by atoms with Gasteiger partial charge >= 0.3 is 0 Å². The first-order valence-electron chi connectivity index (χ1n) is 9.41. The third kappa shape index (κ3) is 3.20. The Hall–Kier alpha value is -2.75. The van der Waals surface area contributed by atoms with Gasteiger partial charge in [-0.25, -0.2) is 0 Å². The summed E-state index contributed by atoms with van der Waals surface area (Å²) >= 11 is 0. The molecule has 1 aromatic heterocycles. The lowest BCUT2D eigenvalue weighted by Crippen LogP contribution is -2.27. The maximum Gasteiger partial charge on any atom is 0.235 e. The van der Waals surface area contributed by atoms with Gasteiger partial charge in [-0.2, -0.15) is 0 Å². The highest BCUT2D eigenvalue weighted by Gasteiger charge is 2.51. The van der Waals surface area contributed by atoms with Gasteiger partial charge in [-0.05, 0) is 54.8 Å². The summed E-state index contributed by atoms with van der Waals surface area (Å²) in [7, 11) is 1.65. The Morgan fingerprint density at radius 2 is 1.89 bits per heavy atom. The van der Waals surface area contributed by atoms with Crippen LogP contribution in [0.5, 0.6) is 5.75 Å². The Kier molecular flexibility index (Phi) is 4.02. The SMILES string of the molecule is COc1cccc(C2(C(=O)Nc3ccc4[nH]c(C(C)(C)C)cc4c3)CC2)c1. The number of amides is 1. The second-order valence-corrected chi connectivity index (χ2v) is 8.50. The number of aromatic amines is 1. The van der Waals surface area contributed by atoms with E-state index in [-0.39, 0.29) is 11.3 Å². The molecule has 1 aliphatic carbocycles. The summed E-state index contributed by atoms with van der Waals surface area (Å²) in [5, 5.41) is 4.24. The summed E-state index contributed by atoms with van der Waals surface area (Å²) in [5.74, 6) is 0.844. The number of hydrogen-bond donors (Lipinski definition) is 2. The second-order valence-electron chi connectivity index (χ2n) is 8.50. The van der Waals surface area contributed by atoms with Gasteiger partial charge in [0.25, 0.3) is 0 Å². The van der Waals surface area contributed by atoms with Crippen LogP contribution < -0.4 is 10.1 Å². The molecule has 0 atom stereocenters. The number of aromatic nitrogens is 1. The molecule has 2 aromatic carbocycles. The number of rotatable bonds is 4. The number of anilines is 1. The van der Waals surface area contributed by atoms with Crippen LogP contribution in [0.2, 0.25) is 0 Å². The molecule has 2 N–H and O–H groups in total. The van der Waals surface area contributed by atoms with E-state index >= 15 is 0 Å². The van der Waals surface area contributed by atoms with Crippen molar-refractivity contribution in [1.82, 2.24) is 4.98 Å². The van der Waals surface area contributed by atoms with Crippen molar-refractivity contribution in [1.29, 1.82) is 0 Å². The third-order valence-electron chi connectivity index (χ3n) is 5.49. The van der Waals surface area contributed by atoms with E-state index in [1.165, 1.54) is 5.69 Å². The van der Waals surface area contributed by atoms with Crippen LogP contribution in [0.1, 0.15) is 44.9 Å². The normalized spacial score (nSPS) is 15.6. The van der Waals surface area contributed by atoms with Gasteiger partial charge in [0.15, 0.2) is 0 Å². The van der Waals surface area contributed by atoms with Gasteiger partial charge in [-0.3, -0.25) is 4.79 Å². The van der Waals surface area contributed by atoms with E-state index in [9.17, 15) is 4.79 Å². The molecule has 1 saturated carbocycles. The molecule has 3 aromatic rings. The van der Waals surface area contributed by atoms with Crippen molar-refractivity contribution in [3.8, 4) is 5.75 Å². The number of carbonyl (C=O) groups is 1. The maximum atomic E-state index is 13.0. The second kappa shape index (κ2) is 6.15. The molecule has 0 saturated heterocycles. The highest BCUT2D eigenvalue weighted by Crippen LogP contribution is 2.49. The van der Waals surface area contributed by atoms with Crippen molar-refractivity contribution in [3.05, 3.63) is 59.8 Å². The molecule has 0 aliphatic heterocycles. The standard InChI is InChI=1S/C23H26N2O2/c1-22(2,3)20-13-15-12-17(8-9-19(15)25-20)24-21(26)23(10-11-23)16-6-5-7-18(14-16)27-4/h5-9,12-14,25H,10-11H2,1-4H3,(H,24,26). The van der Waals surface area contributed by atoms with Crippen molar-refractivity contribution in [2.75, 3.05) is 12.4 Å². The first-order valence-corrected chi connectivity index (χ1v) is 9.41. The van der Waals surface area contributed by atoms with Crippen LogP contribution in [0.15, 0.2) is 48.5 Å². The first-order chi connectivity index (χ1) is 12.8. The summed E-state index contributed by atoms with van der Waals surface area (Å²) in [6.07, 6.45) is 1.74. The van der Waals surface area contributed by atoms with Crippen LogP contribution in [0.25, 0.3) is 10.9 Å². The van der Waals surface area contributed by atoms with Crippen LogP contribution >= 0.6 is 0 Å². The van der Waals surface area contributed by atoms with Gasteiger partial charge in [0.2, 0.25) is 5.91 Å². The minimum atomic E-state index is -0.432. The Bertz CT molecular complexity index is 1010. The smallest absolute Gasteiger partial charge is 0.235 e. The van der Waals surface area contributed by atoms with Gasteiger partial charge in [0.05, 0.1) is 12.5 Å². The average molecular weight is 362 g/mol. The Morgan fingerprint density at radius 1 is 1.11 bits per heavy atom. The zero-order valence-electron chi connectivity index (χ0n) is 16.3. The molecule has 4 heteroatoms. The highest BCUT2D eigenvalue weighted by molar-refractivity contribution is 6.02. The van der Waals surface area contributed by atoms with Gasteiger partial charge in [0.1, 0.15) is 5.75 Å². The monoisotopic (exact) mass is 362 g/mol. The lowest BCUT2D eigenvalue weighted by Gasteiger charge is -2.16. The third-order valence-corrected chi connectivity index (χ3v) is 5.49.